The van der Waals surface area contributed by atoms with E-state index in [4.69, 9.17) is 0 Å². The fourth-order valence-corrected chi connectivity index (χ4v) is 1.11. The van der Waals surface area contributed by atoms with Crippen LogP contribution >= 0.6 is 0 Å². The van der Waals surface area contributed by atoms with Gasteiger partial charge in [0.2, 0.25) is 11.6 Å². The van der Waals surface area contributed by atoms with Crippen LogP contribution in [0.1, 0.15) is 5.56 Å². The quantitative estimate of drug-likeness (QED) is 0.421. The summed E-state index contributed by atoms with van der Waals surface area (Å²) in [5.41, 5.74) is -2.99. The zero-order valence-corrected chi connectivity index (χ0v) is 8.69. The van der Waals surface area contributed by atoms with E-state index in [2.05, 4.69) is 0 Å². The predicted octanol–water partition coefficient (Wildman–Crippen LogP) is 4.70. The van der Waals surface area contributed by atoms with Crippen molar-refractivity contribution in [3.63, 3.8) is 0 Å². The molecule has 0 heterocycles. The maximum Gasteiger partial charge on any atom is 0.335 e. The van der Waals surface area contributed by atoms with Crippen molar-refractivity contribution in [2.45, 2.75) is 5.92 Å². The van der Waals surface area contributed by atoms with E-state index in [1.165, 1.54) is 0 Å². The zero-order chi connectivity index (χ0) is 15.1. The van der Waals surface area contributed by atoms with Gasteiger partial charge in [-0.1, -0.05) is 0 Å². The van der Waals surface area contributed by atoms with Crippen LogP contribution in [0.3, 0.4) is 0 Å². The Hall–Kier alpha value is -1.81. The van der Waals surface area contributed by atoms with Crippen LogP contribution in [0.2, 0.25) is 0 Å². The summed E-state index contributed by atoms with van der Waals surface area (Å²) in [6.07, 6.45) is -3.66. The van der Waals surface area contributed by atoms with Gasteiger partial charge in [-0.2, -0.15) is 22.0 Å². The molecular formula is C9HF11. The highest BCUT2D eigenvalue weighted by Gasteiger charge is 2.48. The van der Waals surface area contributed by atoms with E-state index in [0.29, 0.717) is 0 Å². The minimum absolute atomic E-state index is 0. The van der Waals surface area contributed by atoms with Gasteiger partial charge in [0, 0.05) is 0 Å². The van der Waals surface area contributed by atoms with Crippen LogP contribution in [0.4, 0.5) is 48.6 Å². The van der Waals surface area contributed by atoms with Crippen molar-refractivity contribution in [3.8, 4) is 0 Å². The Morgan fingerprint density at radius 1 is 0.650 bits per heavy atom. The zero-order valence-electron chi connectivity index (χ0n) is 8.69. The second-order valence-electron chi connectivity index (χ2n) is 3.09. The maximum absolute atomic E-state index is 13.0. The summed E-state index contributed by atoms with van der Waals surface area (Å²) < 4.78 is 125. The molecule has 0 atom stereocenters. The van der Waals surface area contributed by atoms with Crippen LogP contribution in [0.5, 0.6) is 0 Å². The molecule has 0 amide bonds. The average Bonchev–Trinajstić information content (AvgIpc) is 2.32. The maximum atomic E-state index is 13.0. The summed E-state index contributed by atoms with van der Waals surface area (Å²) in [5.74, 6) is -23.9. The Labute approximate surface area is 102 Å². The predicted molar refractivity (Wildman–Crippen MR) is 43.0 cm³/mol. The second kappa shape index (κ2) is 5.67. The topological polar surface area (TPSA) is 0 Å². The molecule has 0 aliphatic rings. The number of hydrogen-bond acceptors (Lipinski definition) is 0. The van der Waals surface area contributed by atoms with Gasteiger partial charge in [-0.05, 0) is 0 Å². The molecule has 11 heteroatoms. The minimum atomic E-state index is -5.71. The first-order chi connectivity index (χ1) is 8.53. The van der Waals surface area contributed by atoms with E-state index in [1.807, 2.05) is 0 Å². The van der Waals surface area contributed by atoms with Crippen LogP contribution in [0.25, 0.3) is 0 Å². The summed E-state index contributed by atoms with van der Waals surface area (Å²) in [6, 6.07) is 0. The first-order valence-electron chi connectivity index (χ1n) is 4.14. The van der Waals surface area contributed by atoms with Crippen molar-refractivity contribution >= 4 is 0 Å². The third-order valence-electron chi connectivity index (χ3n) is 1.97. The Bertz CT molecular complexity index is 526. The van der Waals surface area contributed by atoms with Crippen LogP contribution in [-0.4, -0.2) is 0 Å². The van der Waals surface area contributed by atoms with Crippen molar-refractivity contribution in [1.29, 1.82) is 0 Å². The Kier molecular flexibility index (Phi) is 5.16. The highest BCUT2D eigenvalue weighted by Crippen LogP contribution is 2.42. The summed E-state index contributed by atoms with van der Waals surface area (Å²) in [6.45, 7) is 0. The molecule has 20 heavy (non-hydrogen) atoms. The number of rotatable bonds is 2. The van der Waals surface area contributed by atoms with Gasteiger partial charge in [0.25, 0.3) is 0 Å². The lowest BCUT2D eigenvalue weighted by atomic mass is 10.0. The summed E-state index contributed by atoms with van der Waals surface area (Å²) in [7, 11) is 0. The van der Waals surface area contributed by atoms with E-state index in [0.717, 1.165) is 0 Å². The Morgan fingerprint density at radius 2 is 0.950 bits per heavy atom. The van der Waals surface area contributed by atoms with E-state index in [-0.39, 0.29) is 4.70 Å². The molecule has 1 rings (SSSR count). The Balaban J connectivity index is 0.00000361. The molecule has 0 saturated carbocycles. The van der Waals surface area contributed by atoms with Crippen molar-refractivity contribution in [2.24, 2.45) is 0 Å². The summed E-state index contributed by atoms with van der Waals surface area (Å²) in [5, 5.41) is 0. The lowest BCUT2D eigenvalue weighted by molar-refractivity contribution is -0.00261. The van der Waals surface area contributed by atoms with Gasteiger partial charge >= 0.3 is 12.0 Å². The van der Waals surface area contributed by atoms with Gasteiger partial charge in [-0.15, -0.1) is 0 Å². The van der Waals surface area contributed by atoms with E-state index in [1.54, 1.807) is 0 Å². The third kappa shape index (κ3) is 2.56. The molecule has 0 fully saturated rings. The number of hydrogen-bond donors (Lipinski definition) is 0. The highest BCUT2D eigenvalue weighted by molar-refractivity contribution is 5.32. The number of benzene rings is 1. The van der Waals surface area contributed by atoms with Crippen LogP contribution in [0, 0.1) is 29.1 Å². The van der Waals surface area contributed by atoms with Crippen molar-refractivity contribution < 1.29 is 48.6 Å². The largest absolute Gasteiger partial charge is 0.335 e. The first kappa shape index (κ1) is 18.2. The molecule has 0 bridgehead atoms. The standard InChI is InChI=1S/C9F10.FH/c10-2-1(9(18,19)7(15)8(16)17)3(11)5(13)6(14)4(2)12;/h;1H. The second-order valence-corrected chi connectivity index (χ2v) is 3.09. The average molecular weight is 318 g/mol. The molecule has 0 radical (unpaired) electrons. The van der Waals surface area contributed by atoms with Crippen molar-refractivity contribution in [3.05, 3.63) is 46.6 Å². The molecule has 0 aromatic heterocycles. The molecule has 0 aliphatic carbocycles. The third-order valence-corrected chi connectivity index (χ3v) is 1.97. The van der Waals surface area contributed by atoms with Gasteiger partial charge < -0.3 is 0 Å². The van der Waals surface area contributed by atoms with Gasteiger partial charge in [0.05, 0.1) is 0 Å². The normalized spacial score (nSPS) is 11.1. The molecule has 0 N–H and O–H groups in total. The number of alkyl halides is 2. The molecule has 1 aromatic rings. The molecule has 0 unspecified atom stereocenters. The SMILES string of the molecule is F.FC(F)=C(F)C(F)(F)c1c(F)c(F)c(F)c(F)c1F. The number of allylic oxidation sites excluding steroid dienone is 1. The Morgan fingerprint density at radius 3 is 1.25 bits per heavy atom. The van der Waals surface area contributed by atoms with E-state index in [9.17, 15) is 43.9 Å². The highest BCUT2D eigenvalue weighted by atomic mass is 19.3. The monoisotopic (exact) mass is 318 g/mol. The summed E-state index contributed by atoms with van der Waals surface area (Å²) >= 11 is 0. The van der Waals surface area contributed by atoms with Gasteiger partial charge in [-0.25, -0.2) is 22.0 Å². The first-order valence-corrected chi connectivity index (χ1v) is 4.14. The minimum Gasteiger partial charge on any atom is -0.269 e. The lowest BCUT2D eigenvalue weighted by Crippen LogP contribution is -2.22. The molecule has 0 saturated heterocycles. The number of halogens is 11. The van der Waals surface area contributed by atoms with Gasteiger partial charge in [0.1, 0.15) is 5.56 Å². The molecular weight excluding hydrogens is 317 g/mol. The summed E-state index contributed by atoms with van der Waals surface area (Å²) in [4.78, 5) is 0. The smallest absolute Gasteiger partial charge is 0.269 e. The van der Waals surface area contributed by atoms with Crippen LogP contribution in [0.15, 0.2) is 11.9 Å². The lowest BCUT2D eigenvalue weighted by Gasteiger charge is -2.16. The van der Waals surface area contributed by atoms with Gasteiger partial charge in [-0.3, -0.25) is 4.70 Å². The molecule has 114 valence electrons. The fourth-order valence-electron chi connectivity index (χ4n) is 1.11. The van der Waals surface area contributed by atoms with Crippen LogP contribution in [-0.2, 0) is 5.92 Å². The van der Waals surface area contributed by atoms with E-state index < -0.39 is 52.5 Å². The molecule has 1 aromatic carbocycles. The van der Waals surface area contributed by atoms with Crippen molar-refractivity contribution in [2.75, 3.05) is 0 Å². The van der Waals surface area contributed by atoms with E-state index >= 15 is 0 Å². The van der Waals surface area contributed by atoms with Gasteiger partial charge in [0.15, 0.2) is 23.3 Å². The fraction of sp³-hybridized carbons (Fsp3) is 0.111. The van der Waals surface area contributed by atoms with Crippen molar-refractivity contribution in [1.82, 2.24) is 0 Å². The molecule has 0 aliphatic heterocycles. The molecule has 0 spiro atoms. The van der Waals surface area contributed by atoms with Crippen LogP contribution < -0.4 is 0 Å². The molecule has 0 nitrogen and oxygen atoms in total.